The highest BCUT2D eigenvalue weighted by Gasteiger charge is 2.39. The number of carbonyl (C=O) groups is 4. The standard InChI is InChI=1S/C51H52Cl2FN9O5/c52-34-22-30(23-35(25-34)58-51(68)57-28-31-12-13-38-33(21-31)29-63(49(38)67)42-14-15-43(65)59-48(42)66)9-5-3-1-2-4-8-16-56-50-60-46-40(47(61-50)62-19-17-55-18-20-62)27-41(53)44(45(46)54)39-26-36(64)24-32-10-6-7-11-37(32)39/h6-7,10-13,21-27,42,55,64H,1-5,8-9,14-20,28-29H2,(H,56,60,61)(H2,57,58,68)(H,59,65,66). The molecule has 2 fully saturated rings. The summed E-state index contributed by atoms with van der Waals surface area (Å²) in [6.45, 7) is 4.07. The number of hydrogen-bond donors (Lipinski definition) is 6. The van der Waals surface area contributed by atoms with Gasteiger partial charge in [-0.25, -0.2) is 14.2 Å². The monoisotopic (exact) mass is 959 g/mol. The van der Waals surface area contributed by atoms with E-state index in [9.17, 15) is 24.3 Å². The van der Waals surface area contributed by atoms with Gasteiger partial charge in [0.05, 0.1) is 5.02 Å². The molecule has 1 aromatic heterocycles. The first-order valence-corrected chi connectivity index (χ1v) is 24.0. The van der Waals surface area contributed by atoms with Gasteiger partial charge in [-0.15, -0.1) is 0 Å². The lowest BCUT2D eigenvalue weighted by Crippen LogP contribution is -2.52. The lowest BCUT2D eigenvalue weighted by molar-refractivity contribution is -0.136. The van der Waals surface area contributed by atoms with Crippen LogP contribution in [-0.2, 0) is 29.1 Å². The molecule has 4 heterocycles. The Bertz CT molecular complexity index is 2930. The molecule has 3 aliphatic heterocycles. The summed E-state index contributed by atoms with van der Waals surface area (Å²) in [6.07, 6.45) is 7.25. The molecular formula is C51H52Cl2FN9O5. The Kier molecular flexibility index (Phi) is 14.2. The fourth-order valence-electron chi connectivity index (χ4n) is 9.45. The van der Waals surface area contributed by atoms with Crippen molar-refractivity contribution in [1.82, 2.24) is 30.8 Å². The Balaban J connectivity index is 0.738. The number of amides is 5. The third-order valence-electron chi connectivity index (χ3n) is 12.8. The molecule has 5 aromatic carbocycles. The minimum Gasteiger partial charge on any atom is -0.508 e. The number of imide groups is 1. The summed E-state index contributed by atoms with van der Waals surface area (Å²) in [5, 5.41) is 28.2. The van der Waals surface area contributed by atoms with Crippen LogP contribution in [-0.4, -0.2) is 82.5 Å². The van der Waals surface area contributed by atoms with Crippen molar-refractivity contribution in [3.8, 4) is 16.9 Å². The maximum absolute atomic E-state index is 16.8. The number of hydrogen-bond acceptors (Lipinski definition) is 10. The number of fused-ring (bicyclic) bond motifs is 3. The zero-order chi connectivity index (χ0) is 47.3. The predicted molar refractivity (Wildman–Crippen MR) is 264 cm³/mol. The molecule has 14 nitrogen and oxygen atoms in total. The summed E-state index contributed by atoms with van der Waals surface area (Å²) in [5.41, 5.74) is 4.55. The van der Waals surface area contributed by atoms with E-state index < -0.39 is 23.8 Å². The molecule has 5 amide bonds. The molecule has 352 valence electrons. The van der Waals surface area contributed by atoms with Gasteiger partial charge in [0.1, 0.15) is 23.1 Å². The van der Waals surface area contributed by atoms with Gasteiger partial charge in [-0.2, -0.15) is 4.98 Å². The molecule has 0 spiro atoms. The van der Waals surface area contributed by atoms with E-state index in [0.717, 1.165) is 85.5 Å². The number of aryl methyl sites for hydroxylation is 1. The second kappa shape index (κ2) is 20.8. The van der Waals surface area contributed by atoms with Gasteiger partial charge in [-0.3, -0.25) is 19.7 Å². The molecule has 0 radical (unpaired) electrons. The number of phenolic OH excluding ortho intramolecular Hbond substituents is 1. The summed E-state index contributed by atoms with van der Waals surface area (Å²) in [7, 11) is 0. The fraction of sp³-hybridized carbons (Fsp3) is 0.333. The van der Waals surface area contributed by atoms with E-state index in [1.54, 1.807) is 36.4 Å². The van der Waals surface area contributed by atoms with Crippen LogP contribution in [0.5, 0.6) is 5.75 Å². The third kappa shape index (κ3) is 10.4. The average Bonchev–Trinajstić information content (AvgIpc) is 3.64. The Morgan fingerprint density at radius 1 is 0.853 bits per heavy atom. The SMILES string of the molecule is O=C1CCC(N2Cc3cc(CNC(=O)Nc4cc(Cl)cc(CCCCCCCCNc5nc(N6CCNCC6)c6cc(Cl)c(-c7cc(O)cc8ccccc78)c(F)c6n5)c4)ccc3C2=O)C(=O)N1. The van der Waals surface area contributed by atoms with Crippen molar-refractivity contribution in [1.29, 1.82) is 0 Å². The molecule has 17 heteroatoms. The quantitative estimate of drug-likeness (QED) is 0.0405. The van der Waals surface area contributed by atoms with Crippen LogP contribution >= 0.6 is 23.2 Å². The molecule has 2 saturated heterocycles. The van der Waals surface area contributed by atoms with Crippen molar-refractivity contribution in [2.75, 3.05) is 48.3 Å². The highest BCUT2D eigenvalue weighted by Crippen LogP contribution is 2.42. The van der Waals surface area contributed by atoms with Crippen molar-refractivity contribution in [2.45, 2.75) is 76.9 Å². The summed E-state index contributed by atoms with van der Waals surface area (Å²) in [4.78, 5) is 63.2. The number of aromatic hydroxyl groups is 1. The lowest BCUT2D eigenvalue weighted by Gasteiger charge is -2.29. The van der Waals surface area contributed by atoms with Crippen LogP contribution in [0.4, 0.5) is 26.6 Å². The number of nitrogens with one attached hydrogen (secondary N) is 5. The van der Waals surface area contributed by atoms with Gasteiger partial charge in [-0.05, 0) is 101 Å². The molecule has 9 rings (SSSR count). The minimum atomic E-state index is -0.687. The van der Waals surface area contributed by atoms with Gasteiger partial charge in [0, 0.05) is 79.5 Å². The zero-order valence-electron chi connectivity index (χ0n) is 37.4. The normalized spacial score (nSPS) is 16.0. The Morgan fingerprint density at radius 3 is 2.47 bits per heavy atom. The molecule has 0 bridgehead atoms. The van der Waals surface area contributed by atoms with Crippen molar-refractivity contribution >= 4 is 86.1 Å². The van der Waals surface area contributed by atoms with Crippen LogP contribution in [0.25, 0.3) is 32.8 Å². The largest absolute Gasteiger partial charge is 0.508 e. The number of benzene rings is 5. The maximum atomic E-state index is 16.8. The Labute approximate surface area is 403 Å². The van der Waals surface area contributed by atoms with E-state index in [4.69, 9.17) is 33.2 Å². The molecule has 6 aromatic rings. The minimum absolute atomic E-state index is 0.0182. The lowest BCUT2D eigenvalue weighted by atomic mass is 9.96. The maximum Gasteiger partial charge on any atom is 0.319 e. The Hall–Kier alpha value is -6.55. The number of halogens is 3. The van der Waals surface area contributed by atoms with Crippen molar-refractivity contribution < 1.29 is 28.7 Å². The zero-order valence-corrected chi connectivity index (χ0v) is 38.9. The molecule has 1 atom stereocenters. The first kappa shape index (κ1) is 46.6. The van der Waals surface area contributed by atoms with E-state index in [1.807, 2.05) is 42.5 Å². The number of unbranched alkanes of at least 4 members (excludes halogenated alkanes) is 5. The van der Waals surface area contributed by atoms with Gasteiger partial charge in [-0.1, -0.05) is 85.3 Å². The van der Waals surface area contributed by atoms with Crippen LogP contribution in [0, 0.1) is 5.82 Å². The van der Waals surface area contributed by atoms with E-state index in [2.05, 4.69) is 31.5 Å². The number of anilines is 3. The highest BCUT2D eigenvalue weighted by atomic mass is 35.5. The molecule has 68 heavy (non-hydrogen) atoms. The van der Waals surface area contributed by atoms with Crippen LogP contribution in [0.3, 0.4) is 0 Å². The Morgan fingerprint density at radius 2 is 1.65 bits per heavy atom. The van der Waals surface area contributed by atoms with Gasteiger partial charge < -0.3 is 36.2 Å². The van der Waals surface area contributed by atoms with Crippen LogP contribution in [0.2, 0.25) is 10.0 Å². The highest BCUT2D eigenvalue weighted by molar-refractivity contribution is 6.35. The third-order valence-corrected chi connectivity index (χ3v) is 13.3. The van der Waals surface area contributed by atoms with Crippen LogP contribution < -0.4 is 31.5 Å². The van der Waals surface area contributed by atoms with Gasteiger partial charge in [0.25, 0.3) is 5.91 Å². The van der Waals surface area contributed by atoms with Gasteiger partial charge >= 0.3 is 6.03 Å². The summed E-state index contributed by atoms with van der Waals surface area (Å²) in [5.74, 6) is -0.590. The molecule has 1 unspecified atom stereocenters. The second-order valence-corrected chi connectivity index (χ2v) is 18.5. The number of rotatable bonds is 16. The molecular weight excluding hydrogens is 909 g/mol. The summed E-state index contributed by atoms with van der Waals surface area (Å²) >= 11 is 13.3. The number of piperazine rings is 1. The van der Waals surface area contributed by atoms with E-state index in [0.29, 0.717) is 65.0 Å². The fourth-order valence-corrected chi connectivity index (χ4v) is 10.0. The molecule has 3 aliphatic rings. The average molecular weight is 961 g/mol. The number of piperidine rings is 1. The molecule has 0 saturated carbocycles. The van der Waals surface area contributed by atoms with Crippen molar-refractivity contribution in [2.24, 2.45) is 0 Å². The predicted octanol–water partition coefficient (Wildman–Crippen LogP) is 9.09. The number of urea groups is 1. The molecule has 6 N–H and O–H groups in total. The van der Waals surface area contributed by atoms with Crippen molar-refractivity contribution in [3.05, 3.63) is 117 Å². The number of carbonyl (C=O) groups excluding carboxylic acids is 4. The topological polar surface area (TPSA) is 181 Å². The van der Waals surface area contributed by atoms with Crippen LogP contribution in [0.1, 0.15) is 78.4 Å². The number of phenols is 1. The number of aromatic nitrogens is 2. The van der Waals surface area contributed by atoms with Crippen LogP contribution in [0.15, 0.2) is 78.9 Å². The van der Waals surface area contributed by atoms with E-state index in [1.165, 1.54) is 4.90 Å². The van der Waals surface area contributed by atoms with Gasteiger partial charge in [0.15, 0.2) is 5.82 Å². The number of nitrogens with zero attached hydrogens (tertiary/aromatic N) is 4. The summed E-state index contributed by atoms with van der Waals surface area (Å²) in [6, 6.07) is 22.2. The summed E-state index contributed by atoms with van der Waals surface area (Å²) < 4.78 is 16.8. The van der Waals surface area contributed by atoms with Gasteiger partial charge in [0.2, 0.25) is 17.8 Å². The second-order valence-electron chi connectivity index (χ2n) is 17.6. The smallest absolute Gasteiger partial charge is 0.319 e. The first-order valence-electron chi connectivity index (χ1n) is 23.2. The van der Waals surface area contributed by atoms with E-state index >= 15 is 4.39 Å². The first-order chi connectivity index (χ1) is 33.0. The van der Waals surface area contributed by atoms with Crippen molar-refractivity contribution in [3.63, 3.8) is 0 Å². The molecule has 0 aliphatic carbocycles. The van der Waals surface area contributed by atoms with E-state index in [-0.39, 0.29) is 53.2 Å².